The third kappa shape index (κ3) is 1.87. The molecule has 0 radical (unpaired) electrons. The van der Waals surface area contributed by atoms with Crippen LogP contribution in [-0.4, -0.2) is 23.4 Å². The summed E-state index contributed by atoms with van der Waals surface area (Å²) < 4.78 is 0. The second-order valence-corrected chi connectivity index (χ2v) is 4.25. The fourth-order valence-electron chi connectivity index (χ4n) is 2.27. The van der Waals surface area contributed by atoms with E-state index in [2.05, 4.69) is 23.7 Å². The molecule has 0 saturated carbocycles. The average Bonchev–Trinajstić information content (AvgIpc) is 2.59. The quantitative estimate of drug-likeness (QED) is 0.693. The van der Waals surface area contributed by atoms with Crippen LogP contribution >= 0.6 is 0 Å². The Balaban J connectivity index is 2.24. The molecular formula is C12H16N2O. The lowest BCUT2D eigenvalue weighted by molar-refractivity contribution is 0.112. The molecule has 3 nitrogen and oxygen atoms in total. The van der Waals surface area contributed by atoms with Gasteiger partial charge in [-0.3, -0.25) is 4.79 Å². The smallest absolute Gasteiger partial charge is 0.151 e. The SMILES string of the molecule is CC1CCC(C)N1c1ccc(C=O)cn1. The van der Waals surface area contributed by atoms with Crippen LogP contribution in [0.3, 0.4) is 0 Å². The van der Waals surface area contributed by atoms with E-state index in [1.54, 1.807) is 6.20 Å². The Bertz CT molecular complexity index is 337. The van der Waals surface area contributed by atoms with Crippen molar-refractivity contribution >= 4 is 12.1 Å². The van der Waals surface area contributed by atoms with E-state index >= 15 is 0 Å². The summed E-state index contributed by atoms with van der Waals surface area (Å²) in [5.41, 5.74) is 0.637. The zero-order valence-electron chi connectivity index (χ0n) is 9.18. The number of carbonyl (C=O) groups excluding carboxylic acids is 1. The molecular weight excluding hydrogens is 188 g/mol. The summed E-state index contributed by atoms with van der Waals surface area (Å²) in [6.07, 6.45) is 4.91. The van der Waals surface area contributed by atoms with Crippen molar-refractivity contribution in [3.8, 4) is 0 Å². The molecule has 80 valence electrons. The first kappa shape index (κ1) is 10.1. The molecule has 1 aliphatic heterocycles. The maximum atomic E-state index is 10.5. The number of anilines is 1. The zero-order chi connectivity index (χ0) is 10.8. The summed E-state index contributed by atoms with van der Waals surface area (Å²) in [4.78, 5) is 17.2. The molecule has 2 atom stereocenters. The number of rotatable bonds is 2. The fourth-order valence-corrected chi connectivity index (χ4v) is 2.27. The third-order valence-corrected chi connectivity index (χ3v) is 3.12. The number of nitrogens with zero attached hydrogens (tertiary/aromatic N) is 2. The van der Waals surface area contributed by atoms with Crippen molar-refractivity contribution in [2.45, 2.75) is 38.8 Å². The number of hydrogen-bond donors (Lipinski definition) is 0. The first-order valence-electron chi connectivity index (χ1n) is 5.42. The summed E-state index contributed by atoms with van der Waals surface area (Å²) >= 11 is 0. The molecule has 3 heteroatoms. The Labute approximate surface area is 90.1 Å². The molecule has 2 unspecified atom stereocenters. The predicted octanol–water partition coefficient (Wildman–Crippen LogP) is 2.27. The van der Waals surface area contributed by atoms with Crippen molar-refractivity contribution in [2.75, 3.05) is 4.90 Å². The van der Waals surface area contributed by atoms with Crippen LogP contribution in [0.4, 0.5) is 5.82 Å². The molecule has 2 heterocycles. The largest absolute Gasteiger partial charge is 0.351 e. The Morgan fingerprint density at radius 3 is 2.47 bits per heavy atom. The van der Waals surface area contributed by atoms with Gasteiger partial charge in [0.2, 0.25) is 0 Å². The molecule has 1 aromatic heterocycles. The third-order valence-electron chi connectivity index (χ3n) is 3.12. The molecule has 1 aromatic rings. The summed E-state index contributed by atoms with van der Waals surface area (Å²) in [5, 5.41) is 0. The molecule has 0 bridgehead atoms. The second-order valence-electron chi connectivity index (χ2n) is 4.25. The molecule has 1 saturated heterocycles. The van der Waals surface area contributed by atoms with Crippen molar-refractivity contribution in [1.82, 2.24) is 4.98 Å². The van der Waals surface area contributed by atoms with Gasteiger partial charge in [0.05, 0.1) is 0 Å². The second kappa shape index (κ2) is 4.01. The van der Waals surface area contributed by atoms with Crippen LogP contribution in [0.25, 0.3) is 0 Å². The van der Waals surface area contributed by atoms with Gasteiger partial charge in [0.1, 0.15) is 5.82 Å². The summed E-state index contributed by atoms with van der Waals surface area (Å²) in [6.45, 7) is 4.44. The molecule has 0 amide bonds. The molecule has 0 aliphatic carbocycles. The first-order chi connectivity index (χ1) is 7.22. The molecule has 0 aromatic carbocycles. The highest BCUT2D eigenvalue weighted by atomic mass is 16.1. The minimum atomic E-state index is 0.551. The van der Waals surface area contributed by atoms with Crippen LogP contribution in [0, 0.1) is 0 Å². The van der Waals surface area contributed by atoms with Crippen LogP contribution in [0.15, 0.2) is 18.3 Å². The van der Waals surface area contributed by atoms with E-state index in [-0.39, 0.29) is 0 Å². The molecule has 2 rings (SSSR count). The highest BCUT2D eigenvalue weighted by Gasteiger charge is 2.27. The van der Waals surface area contributed by atoms with Crippen LogP contribution in [0.1, 0.15) is 37.0 Å². The number of aldehydes is 1. The summed E-state index contributed by atoms with van der Waals surface area (Å²) in [7, 11) is 0. The Kier molecular flexibility index (Phi) is 2.71. The lowest BCUT2D eigenvalue weighted by Gasteiger charge is -2.27. The van der Waals surface area contributed by atoms with Crippen LogP contribution in [0.5, 0.6) is 0 Å². The lowest BCUT2D eigenvalue weighted by Crippen LogP contribution is -2.33. The molecule has 15 heavy (non-hydrogen) atoms. The van der Waals surface area contributed by atoms with E-state index in [4.69, 9.17) is 0 Å². The van der Waals surface area contributed by atoms with Crippen molar-refractivity contribution in [3.05, 3.63) is 23.9 Å². The first-order valence-corrected chi connectivity index (χ1v) is 5.42. The highest BCUT2D eigenvalue weighted by Crippen LogP contribution is 2.28. The van der Waals surface area contributed by atoms with Gasteiger partial charge in [-0.25, -0.2) is 4.98 Å². The molecule has 1 fully saturated rings. The monoisotopic (exact) mass is 204 g/mol. The van der Waals surface area contributed by atoms with Gasteiger partial charge in [-0.05, 0) is 38.8 Å². The van der Waals surface area contributed by atoms with Gasteiger partial charge in [-0.2, -0.15) is 0 Å². The van der Waals surface area contributed by atoms with Gasteiger partial charge in [-0.15, -0.1) is 0 Å². The van der Waals surface area contributed by atoms with E-state index in [0.717, 1.165) is 12.1 Å². The standard InChI is InChI=1S/C12H16N2O/c1-9-3-4-10(2)14(9)12-6-5-11(8-15)7-13-12/h5-10H,3-4H2,1-2H3. The van der Waals surface area contributed by atoms with Crippen LogP contribution < -0.4 is 4.90 Å². The van der Waals surface area contributed by atoms with Crippen molar-refractivity contribution in [2.24, 2.45) is 0 Å². The highest BCUT2D eigenvalue weighted by molar-refractivity contribution is 5.74. The number of pyridine rings is 1. The van der Waals surface area contributed by atoms with Crippen molar-refractivity contribution in [1.29, 1.82) is 0 Å². The topological polar surface area (TPSA) is 33.2 Å². The van der Waals surface area contributed by atoms with E-state index in [1.165, 1.54) is 12.8 Å². The van der Waals surface area contributed by atoms with Crippen molar-refractivity contribution in [3.63, 3.8) is 0 Å². The molecule has 0 spiro atoms. The van der Waals surface area contributed by atoms with Gasteiger partial charge in [0, 0.05) is 23.8 Å². The van der Waals surface area contributed by atoms with Gasteiger partial charge in [0.25, 0.3) is 0 Å². The number of aromatic nitrogens is 1. The van der Waals surface area contributed by atoms with E-state index in [0.29, 0.717) is 17.6 Å². The Morgan fingerprint density at radius 1 is 1.33 bits per heavy atom. The average molecular weight is 204 g/mol. The number of hydrogen-bond acceptors (Lipinski definition) is 3. The zero-order valence-corrected chi connectivity index (χ0v) is 9.18. The fraction of sp³-hybridized carbons (Fsp3) is 0.500. The van der Waals surface area contributed by atoms with Gasteiger partial charge >= 0.3 is 0 Å². The van der Waals surface area contributed by atoms with E-state index in [1.807, 2.05) is 12.1 Å². The minimum absolute atomic E-state index is 0.551. The van der Waals surface area contributed by atoms with Crippen molar-refractivity contribution < 1.29 is 4.79 Å². The van der Waals surface area contributed by atoms with Gasteiger partial charge in [0.15, 0.2) is 6.29 Å². The molecule has 1 aliphatic rings. The number of carbonyl (C=O) groups is 1. The maximum absolute atomic E-state index is 10.5. The Morgan fingerprint density at radius 2 is 2.00 bits per heavy atom. The summed E-state index contributed by atoms with van der Waals surface area (Å²) in [6, 6.07) is 4.86. The maximum Gasteiger partial charge on any atom is 0.151 e. The predicted molar refractivity (Wildman–Crippen MR) is 60.3 cm³/mol. The van der Waals surface area contributed by atoms with E-state index < -0.39 is 0 Å². The van der Waals surface area contributed by atoms with Gasteiger partial charge in [-0.1, -0.05) is 0 Å². The molecule has 0 N–H and O–H groups in total. The lowest BCUT2D eigenvalue weighted by atomic mass is 10.2. The summed E-state index contributed by atoms with van der Waals surface area (Å²) in [5.74, 6) is 0.984. The van der Waals surface area contributed by atoms with Crippen LogP contribution in [0.2, 0.25) is 0 Å². The van der Waals surface area contributed by atoms with Crippen LogP contribution in [-0.2, 0) is 0 Å². The minimum Gasteiger partial charge on any atom is -0.351 e. The Hall–Kier alpha value is -1.38. The van der Waals surface area contributed by atoms with E-state index in [9.17, 15) is 4.79 Å². The van der Waals surface area contributed by atoms with Gasteiger partial charge < -0.3 is 4.90 Å². The normalized spacial score (nSPS) is 25.6.